The molecule has 0 radical (unpaired) electrons. The van der Waals surface area contributed by atoms with Crippen LogP contribution in [0.15, 0.2) is 22.8 Å². The number of aromatic nitrogens is 3. The molecule has 17 heavy (non-hydrogen) atoms. The smallest absolute Gasteiger partial charge is 0.193 e. The van der Waals surface area contributed by atoms with E-state index < -0.39 is 0 Å². The maximum absolute atomic E-state index is 9.00. The lowest BCUT2D eigenvalue weighted by molar-refractivity contribution is 0.475. The van der Waals surface area contributed by atoms with Gasteiger partial charge in [-0.05, 0) is 24.5 Å². The predicted octanol–water partition coefficient (Wildman–Crippen LogP) is 2.46. The van der Waals surface area contributed by atoms with Gasteiger partial charge >= 0.3 is 0 Å². The molecule has 0 aliphatic carbocycles. The molecule has 0 N–H and O–H groups in total. The van der Waals surface area contributed by atoms with E-state index in [0.717, 1.165) is 13.0 Å². The van der Waals surface area contributed by atoms with E-state index in [-0.39, 0.29) is 0 Å². The maximum atomic E-state index is 9.00. The van der Waals surface area contributed by atoms with Gasteiger partial charge in [0.25, 0.3) is 0 Å². The zero-order valence-corrected chi connectivity index (χ0v) is 9.92. The van der Waals surface area contributed by atoms with Gasteiger partial charge in [-0.2, -0.15) is 5.26 Å². The van der Waals surface area contributed by atoms with Gasteiger partial charge in [-0.25, -0.2) is 4.68 Å². The highest BCUT2D eigenvalue weighted by Gasteiger charge is 2.16. The summed E-state index contributed by atoms with van der Waals surface area (Å²) in [6, 6.07) is 5.64. The van der Waals surface area contributed by atoms with Crippen molar-refractivity contribution in [3.63, 3.8) is 0 Å². The number of rotatable bonds is 4. The van der Waals surface area contributed by atoms with E-state index in [1.165, 1.54) is 0 Å². The summed E-state index contributed by atoms with van der Waals surface area (Å²) in [4.78, 5) is 0. The first-order valence-electron chi connectivity index (χ1n) is 5.60. The summed E-state index contributed by atoms with van der Waals surface area (Å²) in [5.74, 6) is 1.21. The van der Waals surface area contributed by atoms with Gasteiger partial charge in [0.15, 0.2) is 11.5 Å². The lowest BCUT2D eigenvalue weighted by atomic mass is 10.1. The zero-order valence-electron chi connectivity index (χ0n) is 9.92. The number of nitriles is 1. The quantitative estimate of drug-likeness (QED) is 0.809. The van der Waals surface area contributed by atoms with E-state index in [1.807, 2.05) is 12.1 Å². The topological polar surface area (TPSA) is 67.6 Å². The Balaban J connectivity index is 2.34. The van der Waals surface area contributed by atoms with Crippen LogP contribution >= 0.6 is 0 Å². The van der Waals surface area contributed by atoms with Crippen molar-refractivity contribution in [2.75, 3.05) is 0 Å². The molecule has 0 saturated heterocycles. The molecule has 5 heteroatoms. The average molecular weight is 230 g/mol. The van der Waals surface area contributed by atoms with Crippen molar-refractivity contribution in [3.8, 4) is 17.5 Å². The fraction of sp³-hybridized carbons (Fsp3) is 0.417. The van der Waals surface area contributed by atoms with Gasteiger partial charge < -0.3 is 4.42 Å². The summed E-state index contributed by atoms with van der Waals surface area (Å²) >= 11 is 0. The Labute approximate surface area is 99.7 Å². The van der Waals surface area contributed by atoms with Crippen LogP contribution in [0.2, 0.25) is 0 Å². The van der Waals surface area contributed by atoms with Crippen LogP contribution in [0.25, 0.3) is 11.5 Å². The number of hydrogen-bond donors (Lipinski definition) is 0. The van der Waals surface area contributed by atoms with Gasteiger partial charge in [-0.1, -0.05) is 19.1 Å². The third-order valence-electron chi connectivity index (χ3n) is 2.51. The molecule has 0 aliphatic heterocycles. The van der Waals surface area contributed by atoms with Crippen molar-refractivity contribution in [1.82, 2.24) is 15.0 Å². The third kappa shape index (κ3) is 2.36. The molecular weight excluding hydrogens is 216 g/mol. The van der Waals surface area contributed by atoms with Gasteiger partial charge in [0.1, 0.15) is 11.8 Å². The van der Waals surface area contributed by atoms with Crippen LogP contribution in [0.4, 0.5) is 0 Å². The molecule has 0 saturated carbocycles. The molecule has 2 heterocycles. The van der Waals surface area contributed by atoms with Crippen molar-refractivity contribution < 1.29 is 4.42 Å². The van der Waals surface area contributed by atoms with Crippen molar-refractivity contribution in [1.29, 1.82) is 5.26 Å². The van der Waals surface area contributed by atoms with Crippen LogP contribution in [0, 0.1) is 17.2 Å². The van der Waals surface area contributed by atoms with Crippen LogP contribution in [0.3, 0.4) is 0 Å². The highest BCUT2D eigenvalue weighted by atomic mass is 16.3. The Kier molecular flexibility index (Phi) is 3.24. The zero-order chi connectivity index (χ0) is 12.3. The Bertz CT molecular complexity index is 519. The van der Waals surface area contributed by atoms with E-state index in [4.69, 9.17) is 9.68 Å². The molecule has 2 rings (SSSR count). The molecule has 0 aliphatic rings. The second-order valence-corrected chi connectivity index (χ2v) is 4.28. The van der Waals surface area contributed by atoms with Gasteiger partial charge in [0.05, 0.1) is 6.26 Å². The summed E-state index contributed by atoms with van der Waals surface area (Å²) < 4.78 is 7.05. The molecule has 5 nitrogen and oxygen atoms in total. The highest BCUT2D eigenvalue weighted by Crippen LogP contribution is 2.22. The van der Waals surface area contributed by atoms with Crippen LogP contribution < -0.4 is 0 Å². The normalized spacial score (nSPS) is 10.7. The van der Waals surface area contributed by atoms with E-state index in [2.05, 4.69) is 24.2 Å². The van der Waals surface area contributed by atoms with Crippen molar-refractivity contribution >= 4 is 0 Å². The van der Waals surface area contributed by atoms with E-state index in [0.29, 0.717) is 23.1 Å². The van der Waals surface area contributed by atoms with Gasteiger partial charge in [0, 0.05) is 6.54 Å². The predicted molar refractivity (Wildman–Crippen MR) is 61.9 cm³/mol. The Hall–Kier alpha value is -2.09. The van der Waals surface area contributed by atoms with Gasteiger partial charge in [-0.15, -0.1) is 5.10 Å². The van der Waals surface area contributed by atoms with Gasteiger partial charge in [0.2, 0.25) is 0 Å². The molecule has 2 aromatic heterocycles. The highest BCUT2D eigenvalue weighted by molar-refractivity contribution is 5.58. The number of furan rings is 1. The summed E-state index contributed by atoms with van der Waals surface area (Å²) in [6.45, 7) is 5.03. The molecule has 0 atom stereocenters. The second kappa shape index (κ2) is 4.83. The Morgan fingerprint density at radius 1 is 1.53 bits per heavy atom. The first-order valence-corrected chi connectivity index (χ1v) is 5.60. The monoisotopic (exact) mass is 230 g/mol. The van der Waals surface area contributed by atoms with Gasteiger partial charge in [-0.3, -0.25) is 0 Å². The SMILES string of the molecule is CC(C)CCn1nnc(C#N)c1-c1ccco1. The first-order chi connectivity index (χ1) is 8.22. The summed E-state index contributed by atoms with van der Waals surface area (Å²) in [5, 5.41) is 16.9. The van der Waals surface area contributed by atoms with E-state index in [1.54, 1.807) is 17.0 Å². The summed E-state index contributed by atoms with van der Waals surface area (Å²) in [5.41, 5.74) is 0.974. The van der Waals surface area contributed by atoms with Crippen molar-refractivity contribution in [3.05, 3.63) is 24.1 Å². The Morgan fingerprint density at radius 2 is 2.35 bits per heavy atom. The van der Waals surface area contributed by atoms with E-state index >= 15 is 0 Å². The molecule has 0 amide bonds. The van der Waals surface area contributed by atoms with Crippen LogP contribution in [0.1, 0.15) is 26.0 Å². The maximum Gasteiger partial charge on any atom is 0.193 e. The number of aryl methyl sites for hydroxylation is 1. The third-order valence-corrected chi connectivity index (χ3v) is 2.51. The fourth-order valence-electron chi connectivity index (χ4n) is 1.58. The Morgan fingerprint density at radius 3 is 2.94 bits per heavy atom. The molecule has 0 bridgehead atoms. The lowest BCUT2D eigenvalue weighted by Crippen LogP contribution is -2.05. The minimum Gasteiger partial charge on any atom is -0.463 e. The largest absolute Gasteiger partial charge is 0.463 e. The number of nitrogens with zero attached hydrogens (tertiary/aromatic N) is 4. The molecule has 0 spiro atoms. The molecule has 2 aromatic rings. The number of hydrogen-bond acceptors (Lipinski definition) is 4. The van der Waals surface area contributed by atoms with Crippen molar-refractivity contribution in [2.24, 2.45) is 5.92 Å². The van der Waals surface area contributed by atoms with E-state index in [9.17, 15) is 0 Å². The minimum absolute atomic E-state index is 0.309. The first kappa shape index (κ1) is 11.4. The minimum atomic E-state index is 0.309. The van der Waals surface area contributed by atoms with Crippen LogP contribution in [0.5, 0.6) is 0 Å². The molecular formula is C12H14N4O. The molecule has 0 fully saturated rings. The average Bonchev–Trinajstić information content (AvgIpc) is 2.94. The lowest BCUT2D eigenvalue weighted by Gasteiger charge is -2.06. The van der Waals surface area contributed by atoms with Crippen LogP contribution in [-0.4, -0.2) is 15.0 Å². The summed E-state index contributed by atoms with van der Waals surface area (Å²) in [7, 11) is 0. The molecule has 0 unspecified atom stereocenters. The standard InChI is InChI=1S/C12H14N4O/c1-9(2)5-6-16-12(10(8-13)14-15-16)11-4-3-7-17-11/h3-4,7,9H,5-6H2,1-2H3. The summed E-state index contributed by atoms with van der Waals surface area (Å²) in [6.07, 6.45) is 2.57. The van der Waals surface area contributed by atoms with Crippen LogP contribution in [-0.2, 0) is 6.54 Å². The second-order valence-electron chi connectivity index (χ2n) is 4.28. The van der Waals surface area contributed by atoms with Crippen molar-refractivity contribution in [2.45, 2.75) is 26.8 Å². The molecule has 0 aromatic carbocycles. The fourth-order valence-corrected chi connectivity index (χ4v) is 1.58. The molecule has 88 valence electrons.